The zero-order chi connectivity index (χ0) is 11.6. The van der Waals surface area contributed by atoms with Gasteiger partial charge in [-0.15, -0.1) is 0 Å². The summed E-state index contributed by atoms with van der Waals surface area (Å²) in [7, 11) is -0.888. The average Bonchev–Trinajstić information content (AvgIpc) is 2.14. The second-order valence-electron chi connectivity index (χ2n) is 5.18. The van der Waals surface area contributed by atoms with Gasteiger partial charge < -0.3 is 9.47 Å². The lowest BCUT2D eigenvalue weighted by Gasteiger charge is -2.15. The fourth-order valence-corrected chi connectivity index (χ4v) is 1.97. The minimum atomic E-state index is -0.888. The van der Waals surface area contributed by atoms with Crippen molar-refractivity contribution in [3.8, 4) is 0 Å². The Kier molecular flexibility index (Phi) is 9.45. The van der Waals surface area contributed by atoms with E-state index in [2.05, 4.69) is 19.6 Å². The molecule has 0 heterocycles. The molecule has 0 aliphatic rings. The number of ether oxygens (including phenoxy) is 2. The van der Waals surface area contributed by atoms with Crippen LogP contribution in [0.25, 0.3) is 0 Å². The van der Waals surface area contributed by atoms with Crippen molar-refractivity contribution in [3.63, 3.8) is 0 Å². The molecule has 0 atom stereocenters. The molecule has 0 saturated carbocycles. The minimum Gasteiger partial charge on any atom is -0.382 e. The third kappa shape index (κ3) is 14.1. The van der Waals surface area contributed by atoms with Gasteiger partial charge in [0.1, 0.15) is 0 Å². The van der Waals surface area contributed by atoms with Gasteiger partial charge in [0, 0.05) is 34.5 Å². The zero-order valence-electron chi connectivity index (χ0n) is 11.0. The second-order valence-corrected chi connectivity index (χ2v) is 10.8. The van der Waals surface area contributed by atoms with Gasteiger partial charge in [0.2, 0.25) is 0 Å². The molecule has 92 valence electrons. The number of rotatable bonds is 10. The molecule has 0 saturated heterocycles. The zero-order valence-corrected chi connectivity index (χ0v) is 12.0. The van der Waals surface area contributed by atoms with E-state index in [0.29, 0.717) is 0 Å². The van der Waals surface area contributed by atoms with Crippen LogP contribution in [0.15, 0.2) is 0 Å². The summed E-state index contributed by atoms with van der Waals surface area (Å²) < 4.78 is 10.9. The van der Waals surface area contributed by atoms with Crippen molar-refractivity contribution in [3.05, 3.63) is 0 Å². The average molecular weight is 232 g/mol. The van der Waals surface area contributed by atoms with E-state index in [4.69, 9.17) is 9.47 Å². The molecule has 15 heavy (non-hydrogen) atoms. The topological polar surface area (TPSA) is 18.5 Å². The van der Waals surface area contributed by atoms with Crippen LogP contribution < -0.4 is 0 Å². The number of hydrogen-bond donors (Lipinski definition) is 0. The fourth-order valence-electron chi connectivity index (χ4n) is 1.21. The molecule has 0 fully saturated rings. The van der Waals surface area contributed by atoms with E-state index in [1.165, 1.54) is 25.3 Å². The molecule has 0 aromatic heterocycles. The molecule has 0 aliphatic carbocycles. The predicted molar refractivity (Wildman–Crippen MR) is 69.3 cm³/mol. The second kappa shape index (κ2) is 9.37. The van der Waals surface area contributed by atoms with Gasteiger partial charge in [-0.1, -0.05) is 19.6 Å². The number of hydrogen-bond acceptors (Lipinski definition) is 2. The predicted octanol–water partition coefficient (Wildman–Crippen LogP) is 3.55. The van der Waals surface area contributed by atoms with Crippen molar-refractivity contribution in [2.75, 3.05) is 26.4 Å². The first-order valence-electron chi connectivity index (χ1n) is 6.22. The Morgan fingerprint density at radius 2 is 1.40 bits per heavy atom. The highest BCUT2D eigenvalue weighted by molar-refractivity contribution is 6.76. The Hall–Kier alpha value is 0.137. The molecule has 0 radical (unpaired) electrons. The van der Waals surface area contributed by atoms with Crippen LogP contribution in [0.5, 0.6) is 0 Å². The van der Waals surface area contributed by atoms with Gasteiger partial charge in [-0.3, -0.25) is 0 Å². The van der Waals surface area contributed by atoms with Crippen molar-refractivity contribution in [2.24, 2.45) is 0 Å². The summed E-state index contributed by atoms with van der Waals surface area (Å²) in [4.78, 5) is 0. The molecule has 0 aromatic rings. The normalized spacial score (nSPS) is 12.0. The first kappa shape index (κ1) is 15.1. The van der Waals surface area contributed by atoms with E-state index in [0.717, 1.165) is 26.4 Å². The van der Waals surface area contributed by atoms with Crippen LogP contribution in [0.4, 0.5) is 0 Å². The molecule has 0 aliphatic heterocycles. The van der Waals surface area contributed by atoms with E-state index in [9.17, 15) is 0 Å². The van der Waals surface area contributed by atoms with Gasteiger partial charge >= 0.3 is 0 Å². The van der Waals surface area contributed by atoms with Crippen molar-refractivity contribution in [2.45, 2.75) is 51.9 Å². The van der Waals surface area contributed by atoms with Crippen LogP contribution in [-0.4, -0.2) is 34.5 Å². The Labute approximate surface area is 96.4 Å². The third-order valence-electron chi connectivity index (χ3n) is 2.28. The van der Waals surface area contributed by atoms with E-state index in [1.807, 2.05) is 6.92 Å². The fraction of sp³-hybridized carbons (Fsp3) is 1.00. The quantitative estimate of drug-likeness (QED) is 0.424. The van der Waals surface area contributed by atoms with Gasteiger partial charge in [0.15, 0.2) is 0 Å². The van der Waals surface area contributed by atoms with Gasteiger partial charge in [0.05, 0.1) is 0 Å². The standard InChI is InChI=1S/C12H28O2Si/c1-5-13-9-7-6-8-10-14-11-12-15(2,3)4/h5-12H2,1-4H3. The summed E-state index contributed by atoms with van der Waals surface area (Å²) in [6, 6.07) is 1.28. The van der Waals surface area contributed by atoms with Crippen molar-refractivity contribution >= 4 is 8.07 Å². The van der Waals surface area contributed by atoms with Gasteiger partial charge in [-0.2, -0.15) is 0 Å². The maximum Gasteiger partial charge on any atom is 0.0466 e. The summed E-state index contributed by atoms with van der Waals surface area (Å²) in [6.07, 6.45) is 3.58. The molecule has 0 N–H and O–H groups in total. The van der Waals surface area contributed by atoms with Gasteiger partial charge in [0.25, 0.3) is 0 Å². The van der Waals surface area contributed by atoms with Crippen molar-refractivity contribution in [1.29, 1.82) is 0 Å². The molecular weight excluding hydrogens is 204 g/mol. The van der Waals surface area contributed by atoms with E-state index in [-0.39, 0.29) is 0 Å². The van der Waals surface area contributed by atoms with Crippen molar-refractivity contribution < 1.29 is 9.47 Å². The van der Waals surface area contributed by atoms with Crippen LogP contribution in [0.3, 0.4) is 0 Å². The highest BCUT2D eigenvalue weighted by Gasteiger charge is 2.11. The molecule has 0 amide bonds. The Balaban J connectivity index is 2.99. The molecule has 0 bridgehead atoms. The summed E-state index contributed by atoms with van der Waals surface area (Å²) in [5, 5.41) is 0. The lowest BCUT2D eigenvalue weighted by Crippen LogP contribution is -2.21. The Bertz CT molecular complexity index is 132. The lowest BCUT2D eigenvalue weighted by molar-refractivity contribution is 0.126. The Morgan fingerprint density at radius 3 is 1.93 bits per heavy atom. The molecular formula is C12H28O2Si. The minimum absolute atomic E-state index is 0.840. The SMILES string of the molecule is CCOCCCCCOCC[Si](C)(C)C. The van der Waals surface area contributed by atoms with Crippen LogP contribution in [0.2, 0.25) is 25.7 Å². The lowest BCUT2D eigenvalue weighted by atomic mass is 10.2. The van der Waals surface area contributed by atoms with E-state index < -0.39 is 8.07 Å². The first-order chi connectivity index (χ1) is 7.06. The molecule has 0 aromatic carbocycles. The van der Waals surface area contributed by atoms with E-state index in [1.54, 1.807) is 0 Å². The van der Waals surface area contributed by atoms with Crippen LogP contribution in [0.1, 0.15) is 26.2 Å². The summed E-state index contributed by atoms with van der Waals surface area (Å²) >= 11 is 0. The summed E-state index contributed by atoms with van der Waals surface area (Å²) in [6.45, 7) is 12.8. The molecule has 0 spiro atoms. The van der Waals surface area contributed by atoms with Crippen LogP contribution >= 0.6 is 0 Å². The van der Waals surface area contributed by atoms with Gasteiger partial charge in [-0.25, -0.2) is 0 Å². The first-order valence-corrected chi connectivity index (χ1v) is 9.92. The molecule has 0 rings (SSSR count). The maximum absolute atomic E-state index is 5.61. The van der Waals surface area contributed by atoms with Crippen LogP contribution in [-0.2, 0) is 9.47 Å². The molecule has 0 unspecified atom stereocenters. The van der Waals surface area contributed by atoms with E-state index >= 15 is 0 Å². The highest BCUT2D eigenvalue weighted by atomic mass is 28.3. The number of unbranched alkanes of at least 4 members (excludes halogenated alkanes) is 2. The maximum atomic E-state index is 5.61. The molecule has 2 nitrogen and oxygen atoms in total. The summed E-state index contributed by atoms with van der Waals surface area (Å²) in [5.41, 5.74) is 0. The van der Waals surface area contributed by atoms with Crippen molar-refractivity contribution in [1.82, 2.24) is 0 Å². The van der Waals surface area contributed by atoms with Crippen LogP contribution in [0, 0.1) is 0 Å². The van der Waals surface area contributed by atoms with Gasteiger partial charge in [-0.05, 0) is 32.2 Å². The molecule has 3 heteroatoms. The largest absolute Gasteiger partial charge is 0.382 e. The monoisotopic (exact) mass is 232 g/mol. The summed E-state index contributed by atoms with van der Waals surface area (Å²) in [5.74, 6) is 0. The third-order valence-corrected chi connectivity index (χ3v) is 3.98. The highest BCUT2D eigenvalue weighted by Crippen LogP contribution is 2.07. The Morgan fingerprint density at radius 1 is 0.800 bits per heavy atom. The smallest absolute Gasteiger partial charge is 0.0466 e.